The van der Waals surface area contributed by atoms with Crippen LogP contribution < -0.4 is 10.2 Å². The minimum absolute atomic E-state index is 0.224. The van der Waals surface area contributed by atoms with Crippen LogP contribution >= 0.6 is 0 Å². The lowest BCUT2D eigenvalue weighted by molar-refractivity contribution is 0.0926. The standard InChI is InChI=1S/C19H9N5O2/c20-9-12(10-21)16(11-22)23-15-7-3-4-8-17(15)24-18(25)13-5-1-2-6-14(13)19(24)26/h1-8,23H. The number of imide groups is 1. The number of anilines is 2. The molecule has 0 spiro atoms. The summed E-state index contributed by atoms with van der Waals surface area (Å²) in [5.41, 5.74) is 0.392. The van der Waals surface area contributed by atoms with Crippen molar-refractivity contribution in [2.75, 3.05) is 10.2 Å². The summed E-state index contributed by atoms with van der Waals surface area (Å²) in [5, 5.41) is 29.8. The highest BCUT2D eigenvalue weighted by Crippen LogP contribution is 2.34. The van der Waals surface area contributed by atoms with Crippen LogP contribution in [-0.2, 0) is 0 Å². The summed E-state index contributed by atoms with van der Waals surface area (Å²) in [6.45, 7) is 0. The second-order valence-electron chi connectivity index (χ2n) is 5.22. The number of allylic oxidation sites excluding steroid dienone is 2. The molecule has 122 valence electrons. The number of nitriles is 3. The predicted molar refractivity (Wildman–Crippen MR) is 91.5 cm³/mol. The Hall–Kier alpha value is -4.41. The van der Waals surface area contributed by atoms with E-state index in [1.54, 1.807) is 60.7 Å². The zero-order valence-corrected chi connectivity index (χ0v) is 13.2. The van der Waals surface area contributed by atoms with Crippen molar-refractivity contribution in [1.29, 1.82) is 15.8 Å². The Balaban J connectivity index is 2.08. The van der Waals surface area contributed by atoms with Gasteiger partial charge in [-0.05, 0) is 24.3 Å². The van der Waals surface area contributed by atoms with E-state index in [2.05, 4.69) is 5.32 Å². The Morgan fingerprint density at radius 3 is 1.88 bits per heavy atom. The zero-order chi connectivity index (χ0) is 18.7. The lowest BCUT2D eigenvalue weighted by Gasteiger charge is -2.18. The largest absolute Gasteiger partial charge is 0.343 e. The van der Waals surface area contributed by atoms with Gasteiger partial charge in [0, 0.05) is 0 Å². The molecule has 0 atom stereocenters. The molecule has 1 aliphatic rings. The van der Waals surface area contributed by atoms with Crippen LogP contribution in [0.15, 0.2) is 59.8 Å². The molecule has 3 rings (SSSR count). The Labute approximate surface area is 148 Å². The van der Waals surface area contributed by atoms with Crippen molar-refractivity contribution in [3.8, 4) is 18.2 Å². The summed E-state index contributed by atoms with van der Waals surface area (Å²) in [6, 6.07) is 17.8. The maximum absolute atomic E-state index is 12.7. The third-order valence-corrected chi connectivity index (χ3v) is 3.78. The van der Waals surface area contributed by atoms with E-state index in [9.17, 15) is 14.9 Å². The number of nitrogens with one attached hydrogen (secondary N) is 1. The Morgan fingerprint density at radius 2 is 1.35 bits per heavy atom. The fourth-order valence-corrected chi connectivity index (χ4v) is 2.60. The van der Waals surface area contributed by atoms with Gasteiger partial charge in [0.05, 0.1) is 22.5 Å². The molecule has 7 nitrogen and oxygen atoms in total. The van der Waals surface area contributed by atoms with Gasteiger partial charge in [-0.3, -0.25) is 9.59 Å². The normalized spacial score (nSPS) is 11.8. The second kappa shape index (κ2) is 6.60. The first-order chi connectivity index (χ1) is 12.6. The first kappa shape index (κ1) is 16.4. The molecule has 7 heteroatoms. The van der Waals surface area contributed by atoms with Gasteiger partial charge in [-0.25, -0.2) is 4.90 Å². The van der Waals surface area contributed by atoms with Crippen LogP contribution in [0, 0.1) is 34.0 Å². The van der Waals surface area contributed by atoms with E-state index >= 15 is 0 Å². The molecular formula is C19H9N5O2. The molecule has 0 aliphatic carbocycles. The third-order valence-electron chi connectivity index (χ3n) is 3.78. The first-order valence-electron chi connectivity index (χ1n) is 7.40. The summed E-state index contributed by atoms with van der Waals surface area (Å²) in [6.07, 6.45) is 0. The fraction of sp³-hybridized carbons (Fsp3) is 0. The van der Waals surface area contributed by atoms with E-state index in [4.69, 9.17) is 10.5 Å². The highest BCUT2D eigenvalue weighted by Gasteiger charge is 2.37. The predicted octanol–water partition coefficient (Wildman–Crippen LogP) is 2.72. The maximum Gasteiger partial charge on any atom is 0.266 e. The Morgan fingerprint density at radius 1 is 0.808 bits per heavy atom. The average molecular weight is 339 g/mol. The number of rotatable bonds is 3. The van der Waals surface area contributed by atoms with Crippen LogP contribution in [0.2, 0.25) is 0 Å². The van der Waals surface area contributed by atoms with Crippen molar-refractivity contribution in [2.45, 2.75) is 0 Å². The van der Waals surface area contributed by atoms with Crippen molar-refractivity contribution in [2.24, 2.45) is 0 Å². The third kappa shape index (κ3) is 2.54. The first-order valence-corrected chi connectivity index (χ1v) is 7.40. The monoisotopic (exact) mass is 339 g/mol. The number of hydrogen-bond donors (Lipinski definition) is 1. The summed E-state index contributed by atoms with van der Waals surface area (Å²) < 4.78 is 0. The average Bonchev–Trinajstić information content (AvgIpc) is 2.93. The van der Waals surface area contributed by atoms with Crippen LogP contribution in [0.4, 0.5) is 11.4 Å². The lowest BCUT2D eigenvalue weighted by atomic mass is 10.1. The molecule has 1 aliphatic heterocycles. The van der Waals surface area contributed by atoms with Crippen molar-refractivity contribution in [3.63, 3.8) is 0 Å². The molecule has 0 unspecified atom stereocenters. The number of benzene rings is 2. The van der Waals surface area contributed by atoms with E-state index in [1.165, 1.54) is 6.07 Å². The smallest absolute Gasteiger partial charge is 0.266 e. The SMILES string of the molecule is N#CC(C#N)=C(C#N)Nc1ccccc1N1C(=O)c2ccccc2C1=O. The van der Waals surface area contributed by atoms with Gasteiger partial charge in [0.1, 0.15) is 23.9 Å². The Kier molecular flexibility index (Phi) is 4.18. The number of carbonyl (C=O) groups excluding carboxylic acids is 2. The van der Waals surface area contributed by atoms with Crippen LogP contribution in [0.1, 0.15) is 20.7 Å². The second-order valence-corrected chi connectivity index (χ2v) is 5.22. The van der Waals surface area contributed by atoms with Gasteiger partial charge < -0.3 is 5.32 Å². The minimum Gasteiger partial charge on any atom is -0.343 e. The van der Waals surface area contributed by atoms with Crippen LogP contribution in [0.25, 0.3) is 0 Å². The highest BCUT2D eigenvalue weighted by molar-refractivity contribution is 6.35. The summed E-state index contributed by atoms with van der Waals surface area (Å²) in [4.78, 5) is 26.3. The maximum atomic E-state index is 12.7. The quantitative estimate of drug-likeness (QED) is 0.678. The lowest BCUT2D eigenvalue weighted by Crippen LogP contribution is -2.30. The summed E-state index contributed by atoms with van der Waals surface area (Å²) >= 11 is 0. The topological polar surface area (TPSA) is 121 Å². The van der Waals surface area contributed by atoms with Crippen LogP contribution in [-0.4, -0.2) is 11.8 Å². The molecule has 2 aromatic carbocycles. The summed E-state index contributed by atoms with van der Waals surface area (Å²) in [7, 11) is 0. The van der Waals surface area contributed by atoms with Gasteiger partial charge in [0.25, 0.3) is 11.8 Å². The molecule has 0 radical (unpaired) electrons. The van der Waals surface area contributed by atoms with Gasteiger partial charge in [-0.15, -0.1) is 0 Å². The number of hydrogen-bond acceptors (Lipinski definition) is 6. The zero-order valence-electron chi connectivity index (χ0n) is 13.2. The van der Waals surface area contributed by atoms with Crippen LogP contribution in [0.5, 0.6) is 0 Å². The molecule has 1 heterocycles. The fourth-order valence-electron chi connectivity index (χ4n) is 2.60. The molecule has 0 saturated carbocycles. The number of para-hydroxylation sites is 2. The number of nitrogens with zero attached hydrogens (tertiary/aromatic N) is 4. The van der Waals surface area contributed by atoms with E-state index in [-0.39, 0.29) is 28.2 Å². The van der Waals surface area contributed by atoms with Crippen molar-refractivity contribution in [3.05, 3.63) is 70.9 Å². The van der Waals surface area contributed by atoms with Crippen LogP contribution in [0.3, 0.4) is 0 Å². The molecule has 2 aromatic rings. The van der Waals surface area contributed by atoms with Gasteiger partial charge in [-0.2, -0.15) is 15.8 Å². The molecule has 26 heavy (non-hydrogen) atoms. The van der Waals surface area contributed by atoms with Crippen molar-refractivity contribution >= 4 is 23.2 Å². The minimum atomic E-state index is -0.483. The van der Waals surface area contributed by atoms with E-state index in [1.807, 2.05) is 0 Å². The molecule has 0 saturated heterocycles. The van der Waals surface area contributed by atoms with Crippen molar-refractivity contribution in [1.82, 2.24) is 0 Å². The molecule has 0 bridgehead atoms. The number of carbonyl (C=O) groups is 2. The number of fused-ring (bicyclic) bond motifs is 1. The van der Waals surface area contributed by atoms with Gasteiger partial charge in [-0.1, -0.05) is 24.3 Å². The number of amides is 2. The molecule has 1 N–H and O–H groups in total. The van der Waals surface area contributed by atoms with Crippen molar-refractivity contribution < 1.29 is 9.59 Å². The van der Waals surface area contributed by atoms with Gasteiger partial charge in [0.2, 0.25) is 0 Å². The van der Waals surface area contributed by atoms with E-state index in [0.29, 0.717) is 0 Å². The molecule has 2 amide bonds. The van der Waals surface area contributed by atoms with Gasteiger partial charge >= 0.3 is 0 Å². The van der Waals surface area contributed by atoms with E-state index < -0.39 is 17.4 Å². The molecular weight excluding hydrogens is 330 g/mol. The molecule has 0 aromatic heterocycles. The summed E-state index contributed by atoms with van der Waals surface area (Å²) in [5.74, 6) is -0.966. The molecule has 0 fully saturated rings. The highest BCUT2D eigenvalue weighted by atomic mass is 16.2. The Bertz CT molecular complexity index is 1040. The van der Waals surface area contributed by atoms with E-state index in [0.717, 1.165) is 4.90 Å². The van der Waals surface area contributed by atoms with Gasteiger partial charge in [0.15, 0.2) is 5.57 Å².